The van der Waals surface area contributed by atoms with E-state index in [1.807, 2.05) is 5.48 Å². The fraction of sp³-hybridized carbons (Fsp3) is 0.211. The van der Waals surface area contributed by atoms with E-state index in [4.69, 9.17) is 4.74 Å². The van der Waals surface area contributed by atoms with Gasteiger partial charge < -0.3 is 4.74 Å². The van der Waals surface area contributed by atoms with Crippen LogP contribution in [-0.4, -0.2) is 42.1 Å². The molecule has 0 spiro atoms. The summed E-state index contributed by atoms with van der Waals surface area (Å²) in [5.74, 6) is -0.712. The van der Waals surface area contributed by atoms with E-state index in [0.29, 0.717) is 11.3 Å². The topological polar surface area (TPSA) is 127 Å². The number of hydrogen-bond donors (Lipinski definition) is 2. The van der Waals surface area contributed by atoms with Crippen LogP contribution in [0.3, 0.4) is 0 Å². The summed E-state index contributed by atoms with van der Waals surface area (Å²) in [6.07, 6.45) is 0.194. The van der Waals surface area contributed by atoms with Gasteiger partial charge in [-0.05, 0) is 59.6 Å². The molecule has 0 unspecified atom stereocenters. The third-order valence-corrected chi connectivity index (χ3v) is 5.89. The van der Waals surface area contributed by atoms with Crippen molar-refractivity contribution in [3.63, 3.8) is 0 Å². The van der Waals surface area contributed by atoms with E-state index < -0.39 is 9.84 Å². The van der Waals surface area contributed by atoms with Gasteiger partial charge >= 0.3 is 0 Å². The van der Waals surface area contributed by atoms with E-state index in [0.717, 1.165) is 0 Å². The number of nitrogens with zero attached hydrogens (tertiary/aromatic N) is 3. The predicted molar refractivity (Wildman–Crippen MR) is 105 cm³/mol. The van der Waals surface area contributed by atoms with Crippen LogP contribution in [0.5, 0.6) is 5.88 Å². The average molecular weight is 434 g/mol. The molecule has 30 heavy (non-hydrogen) atoms. The van der Waals surface area contributed by atoms with Gasteiger partial charge in [0.05, 0.1) is 22.9 Å². The highest BCUT2D eigenvalue weighted by Crippen LogP contribution is 2.20. The van der Waals surface area contributed by atoms with Crippen molar-refractivity contribution in [3.05, 3.63) is 65.6 Å². The van der Waals surface area contributed by atoms with E-state index in [1.54, 1.807) is 25.1 Å². The first-order valence-electron chi connectivity index (χ1n) is 8.89. The Hall–Kier alpha value is -3.31. The largest absolute Gasteiger partial charge is 0.474 e. The Balaban J connectivity index is 1.66. The van der Waals surface area contributed by atoms with Crippen LogP contribution in [0.2, 0.25) is 0 Å². The van der Waals surface area contributed by atoms with Gasteiger partial charge in [0, 0.05) is 0 Å². The van der Waals surface area contributed by atoms with Crippen molar-refractivity contribution in [1.82, 2.24) is 15.8 Å². The summed E-state index contributed by atoms with van der Waals surface area (Å²) in [7, 11) is -3.43. The number of aliphatic imine (C=N–C) groups is 1. The standard InChI is InChI=1S/C19H19FN4O5S/c1-13-12-14(8-9-16(13)20)21-18(22-25)17-19(24-29-23-17)28-10-5-11-30(26,27)15-6-3-2-4-7-15/h2-4,6-9,12,25H,5,10-11H2,1H3,(H,21,22). The van der Waals surface area contributed by atoms with Crippen molar-refractivity contribution in [2.24, 2.45) is 4.99 Å². The van der Waals surface area contributed by atoms with Crippen molar-refractivity contribution in [2.45, 2.75) is 18.2 Å². The molecule has 2 N–H and O–H groups in total. The van der Waals surface area contributed by atoms with Crippen LogP contribution in [0.15, 0.2) is 63.0 Å². The molecule has 3 rings (SSSR count). The Morgan fingerprint density at radius 2 is 2.00 bits per heavy atom. The van der Waals surface area contributed by atoms with Crippen molar-refractivity contribution in [1.29, 1.82) is 0 Å². The van der Waals surface area contributed by atoms with Crippen LogP contribution in [0, 0.1) is 12.7 Å². The minimum absolute atomic E-state index is 0.0155. The van der Waals surface area contributed by atoms with Gasteiger partial charge in [0.15, 0.2) is 15.7 Å². The molecular formula is C19H19FN4O5S. The van der Waals surface area contributed by atoms with E-state index in [-0.39, 0.29) is 46.9 Å². The first-order chi connectivity index (χ1) is 14.4. The second-order valence-corrected chi connectivity index (χ2v) is 8.37. The maximum atomic E-state index is 13.4. The van der Waals surface area contributed by atoms with Crippen LogP contribution >= 0.6 is 0 Å². The molecule has 11 heteroatoms. The number of halogens is 1. The fourth-order valence-corrected chi connectivity index (χ4v) is 3.85. The summed E-state index contributed by atoms with van der Waals surface area (Å²) in [6, 6.07) is 12.3. The molecule has 0 radical (unpaired) electrons. The number of hydrogen-bond acceptors (Lipinski definition) is 8. The summed E-state index contributed by atoms with van der Waals surface area (Å²) in [4.78, 5) is 4.38. The summed E-state index contributed by atoms with van der Waals surface area (Å²) < 4.78 is 48.1. The van der Waals surface area contributed by atoms with Crippen molar-refractivity contribution in [3.8, 4) is 5.88 Å². The maximum Gasteiger partial charge on any atom is 0.287 e. The van der Waals surface area contributed by atoms with Gasteiger partial charge in [-0.3, -0.25) is 10.7 Å². The lowest BCUT2D eigenvalue weighted by molar-refractivity contribution is 0.233. The Kier molecular flexibility index (Phi) is 6.75. The second kappa shape index (κ2) is 9.46. The molecule has 2 aromatic carbocycles. The van der Waals surface area contributed by atoms with Gasteiger partial charge in [-0.1, -0.05) is 18.2 Å². The normalized spacial score (nSPS) is 12.0. The van der Waals surface area contributed by atoms with E-state index >= 15 is 0 Å². The minimum Gasteiger partial charge on any atom is -0.474 e. The highest BCUT2D eigenvalue weighted by Gasteiger charge is 2.19. The smallest absolute Gasteiger partial charge is 0.287 e. The molecule has 1 heterocycles. The molecule has 0 aliphatic rings. The molecule has 9 nitrogen and oxygen atoms in total. The molecule has 0 atom stereocenters. The molecule has 0 bridgehead atoms. The van der Waals surface area contributed by atoms with Crippen LogP contribution in [0.4, 0.5) is 10.1 Å². The van der Waals surface area contributed by atoms with Gasteiger partial charge in [0.25, 0.3) is 5.88 Å². The van der Waals surface area contributed by atoms with Crippen molar-refractivity contribution in [2.75, 3.05) is 12.4 Å². The van der Waals surface area contributed by atoms with E-state index in [2.05, 4.69) is 19.9 Å². The van der Waals surface area contributed by atoms with Crippen LogP contribution in [0.1, 0.15) is 17.7 Å². The Labute approximate surface area is 172 Å². The molecule has 0 saturated carbocycles. The molecule has 158 valence electrons. The van der Waals surface area contributed by atoms with Crippen molar-refractivity contribution >= 4 is 21.4 Å². The van der Waals surface area contributed by atoms with Crippen LogP contribution in [-0.2, 0) is 9.84 Å². The first kappa shape index (κ1) is 21.4. The zero-order valence-electron chi connectivity index (χ0n) is 15.9. The maximum absolute atomic E-state index is 13.4. The molecule has 0 amide bonds. The van der Waals surface area contributed by atoms with Crippen LogP contribution < -0.4 is 10.2 Å². The lowest BCUT2D eigenvalue weighted by atomic mass is 10.2. The quantitative estimate of drug-likeness (QED) is 0.240. The first-order valence-corrected chi connectivity index (χ1v) is 10.5. The lowest BCUT2D eigenvalue weighted by Crippen LogP contribution is -2.21. The second-order valence-electron chi connectivity index (χ2n) is 6.26. The number of amidine groups is 1. The molecule has 0 aliphatic heterocycles. The fourth-order valence-electron chi connectivity index (χ4n) is 2.54. The Bertz CT molecular complexity index is 1130. The molecule has 0 fully saturated rings. The number of nitrogens with one attached hydrogen (secondary N) is 1. The number of sulfone groups is 1. The monoisotopic (exact) mass is 434 g/mol. The number of benzene rings is 2. The van der Waals surface area contributed by atoms with E-state index in [1.165, 1.54) is 30.3 Å². The highest BCUT2D eigenvalue weighted by molar-refractivity contribution is 7.91. The zero-order valence-corrected chi connectivity index (χ0v) is 16.8. The number of hydroxylamine groups is 1. The van der Waals surface area contributed by atoms with E-state index in [9.17, 15) is 18.0 Å². The Morgan fingerprint density at radius 3 is 2.70 bits per heavy atom. The molecule has 3 aromatic rings. The lowest BCUT2D eigenvalue weighted by Gasteiger charge is -2.07. The molecule has 0 saturated heterocycles. The highest BCUT2D eigenvalue weighted by atomic mass is 32.2. The van der Waals surface area contributed by atoms with Gasteiger partial charge in [0.2, 0.25) is 5.69 Å². The average Bonchev–Trinajstić information content (AvgIpc) is 3.21. The van der Waals surface area contributed by atoms with Gasteiger partial charge in [-0.2, -0.15) is 0 Å². The minimum atomic E-state index is -3.43. The number of rotatable bonds is 8. The third kappa shape index (κ3) is 5.19. The summed E-state index contributed by atoms with van der Waals surface area (Å²) in [5, 5.41) is 16.7. The SMILES string of the molecule is Cc1cc(N=C(NO)c2nonc2OCCCS(=O)(=O)c2ccccc2)ccc1F. The molecular weight excluding hydrogens is 415 g/mol. The van der Waals surface area contributed by atoms with Crippen LogP contribution in [0.25, 0.3) is 0 Å². The van der Waals surface area contributed by atoms with Gasteiger partial charge in [-0.15, -0.1) is 0 Å². The Morgan fingerprint density at radius 1 is 1.23 bits per heavy atom. The summed E-state index contributed by atoms with van der Waals surface area (Å²) in [5.41, 5.74) is 2.59. The van der Waals surface area contributed by atoms with Gasteiger partial charge in [0.1, 0.15) is 5.82 Å². The molecule has 0 aliphatic carbocycles. The summed E-state index contributed by atoms with van der Waals surface area (Å²) >= 11 is 0. The zero-order chi connectivity index (χ0) is 21.6. The number of aryl methyl sites for hydroxylation is 1. The van der Waals surface area contributed by atoms with Crippen molar-refractivity contribution < 1.29 is 27.4 Å². The number of aromatic nitrogens is 2. The summed E-state index contributed by atoms with van der Waals surface area (Å²) in [6.45, 7) is 1.59. The molecule has 1 aromatic heterocycles. The number of ether oxygens (including phenoxy) is 1. The van der Waals surface area contributed by atoms with Gasteiger partial charge in [-0.25, -0.2) is 22.4 Å². The predicted octanol–water partition coefficient (Wildman–Crippen LogP) is 2.82. The third-order valence-electron chi connectivity index (χ3n) is 4.07.